The molecule has 0 spiro atoms. The van der Waals surface area contributed by atoms with Crippen LogP contribution in [-0.2, 0) is 22.6 Å². The smallest absolute Gasteiger partial charge is 0.326 e. The Kier molecular flexibility index (Phi) is 4.23. The van der Waals surface area contributed by atoms with Gasteiger partial charge in [0, 0.05) is 18.0 Å². The maximum atomic E-state index is 12.0. The summed E-state index contributed by atoms with van der Waals surface area (Å²) < 4.78 is 0. The number of carboxylic acid groups (broad SMARTS) is 2. The van der Waals surface area contributed by atoms with Crippen molar-refractivity contribution < 1.29 is 24.6 Å². The number of hydrogen-bond donors (Lipinski definition) is 3. The number of rotatable bonds is 4. The standard InChI is InChI=1S/C12H14N2O5S/c15-10(16)5-8(11(17)18)13-12(19)14-3-1-9-7(6-14)2-4-20-9/h2,4,8H,1,3,5-6H2,(H,13,19)(H,15,16)(H,17,18). The van der Waals surface area contributed by atoms with E-state index in [2.05, 4.69) is 5.32 Å². The van der Waals surface area contributed by atoms with Crippen LogP contribution in [-0.4, -0.2) is 45.7 Å². The first-order valence-electron chi connectivity index (χ1n) is 6.02. The van der Waals surface area contributed by atoms with E-state index in [4.69, 9.17) is 10.2 Å². The van der Waals surface area contributed by atoms with Gasteiger partial charge in [0.1, 0.15) is 6.04 Å². The summed E-state index contributed by atoms with van der Waals surface area (Å²) in [6.07, 6.45) is 0.0930. The summed E-state index contributed by atoms with van der Waals surface area (Å²) >= 11 is 1.64. The summed E-state index contributed by atoms with van der Waals surface area (Å²) in [5.74, 6) is -2.62. The quantitative estimate of drug-likeness (QED) is 0.760. The largest absolute Gasteiger partial charge is 0.481 e. The molecule has 3 N–H and O–H groups in total. The summed E-state index contributed by atoms with van der Waals surface area (Å²) in [7, 11) is 0. The molecule has 1 aromatic rings. The second-order valence-corrected chi connectivity index (χ2v) is 5.48. The molecule has 1 aromatic heterocycles. The predicted octanol–water partition coefficient (Wildman–Crippen LogP) is 0.744. The van der Waals surface area contributed by atoms with Gasteiger partial charge in [-0.1, -0.05) is 0 Å². The summed E-state index contributed by atoms with van der Waals surface area (Å²) in [4.78, 5) is 36.2. The van der Waals surface area contributed by atoms with Gasteiger partial charge < -0.3 is 20.4 Å². The van der Waals surface area contributed by atoms with Gasteiger partial charge in [-0.25, -0.2) is 9.59 Å². The summed E-state index contributed by atoms with van der Waals surface area (Å²) in [6, 6.07) is -0.0230. The lowest BCUT2D eigenvalue weighted by Crippen LogP contribution is -2.49. The summed E-state index contributed by atoms with van der Waals surface area (Å²) in [5.41, 5.74) is 1.06. The molecule has 0 radical (unpaired) electrons. The van der Waals surface area contributed by atoms with Crippen molar-refractivity contribution in [1.82, 2.24) is 10.2 Å². The Morgan fingerprint density at radius 1 is 1.40 bits per heavy atom. The highest BCUT2D eigenvalue weighted by Crippen LogP contribution is 2.23. The molecule has 0 fully saturated rings. The van der Waals surface area contributed by atoms with E-state index in [1.54, 1.807) is 11.3 Å². The van der Waals surface area contributed by atoms with Crippen molar-refractivity contribution in [3.05, 3.63) is 21.9 Å². The van der Waals surface area contributed by atoms with Gasteiger partial charge in [-0.2, -0.15) is 0 Å². The first-order chi connectivity index (χ1) is 9.47. The number of hydrogen-bond acceptors (Lipinski definition) is 4. The Bertz CT molecular complexity index is 542. The number of thiophene rings is 1. The molecule has 0 saturated heterocycles. The number of urea groups is 1. The number of fused-ring (bicyclic) bond motifs is 1. The van der Waals surface area contributed by atoms with Crippen molar-refractivity contribution in [2.24, 2.45) is 0 Å². The van der Waals surface area contributed by atoms with Gasteiger partial charge >= 0.3 is 18.0 Å². The molecular weight excluding hydrogens is 284 g/mol. The SMILES string of the molecule is O=C(O)CC(NC(=O)N1CCc2sccc2C1)C(=O)O. The number of amides is 2. The van der Waals surface area contributed by atoms with Crippen LogP contribution in [0.4, 0.5) is 4.79 Å². The molecule has 0 aliphatic carbocycles. The molecule has 2 heterocycles. The lowest BCUT2D eigenvalue weighted by atomic mass is 10.1. The Hall–Kier alpha value is -2.09. The fraction of sp³-hybridized carbons (Fsp3) is 0.417. The van der Waals surface area contributed by atoms with E-state index in [-0.39, 0.29) is 0 Å². The van der Waals surface area contributed by atoms with Crippen molar-refractivity contribution >= 4 is 29.3 Å². The van der Waals surface area contributed by atoms with Crippen LogP contribution in [0.15, 0.2) is 11.4 Å². The van der Waals surface area contributed by atoms with Crippen LogP contribution >= 0.6 is 11.3 Å². The number of carboxylic acids is 2. The molecule has 1 atom stereocenters. The van der Waals surface area contributed by atoms with Crippen LogP contribution in [0.25, 0.3) is 0 Å². The van der Waals surface area contributed by atoms with Crippen molar-refractivity contribution in [3.8, 4) is 0 Å². The van der Waals surface area contributed by atoms with Crippen LogP contribution in [0.3, 0.4) is 0 Å². The first-order valence-corrected chi connectivity index (χ1v) is 6.90. The molecule has 7 nitrogen and oxygen atoms in total. The molecule has 2 rings (SSSR count). The van der Waals surface area contributed by atoms with E-state index in [0.29, 0.717) is 13.1 Å². The Morgan fingerprint density at radius 2 is 2.15 bits per heavy atom. The third kappa shape index (κ3) is 3.27. The predicted molar refractivity (Wildman–Crippen MR) is 70.6 cm³/mol. The normalized spacial score (nSPS) is 15.3. The molecule has 0 saturated carbocycles. The fourth-order valence-corrected chi connectivity index (χ4v) is 2.93. The summed E-state index contributed by atoms with van der Waals surface area (Å²) in [5, 5.41) is 21.7. The van der Waals surface area contributed by atoms with Crippen molar-refractivity contribution in [2.75, 3.05) is 6.54 Å². The second kappa shape index (κ2) is 5.91. The molecule has 0 bridgehead atoms. The maximum Gasteiger partial charge on any atom is 0.326 e. The average Bonchev–Trinajstić information content (AvgIpc) is 2.84. The molecular formula is C12H14N2O5S. The zero-order valence-corrected chi connectivity index (χ0v) is 11.4. The molecule has 0 aromatic carbocycles. The van der Waals surface area contributed by atoms with Crippen LogP contribution < -0.4 is 5.32 Å². The fourth-order valence-electron chi connectivity index (χ4n) is 2.04. The van der Waals surface area contributed by atoms with E-state index in [9.17, 15) is 14.4 Å². The number of nitrogens with zero attached hydrogens (tertiary/aromatic N) is 1. The number of aliphatic carboxylic acids is 2. The van der Waals surface area contributed by atoms with Crippen molar-refractivity contribution in [2.45, 2.75) is 25.4 Å². The zero-order chi connectivity index (χ0) is 14.7. The van der Waals surface area contributed by atoms with Gasteiger partial charge in [-0.15, -0.1) is 11.3 Å². The molecule has 2 amide bonds. The Labute approximate surface area is 118 Å². The maximum absolute atomic E-state index is 12.0. The molecule has 1 aliphatic rings. The number of carbonyl (C=O) groups excluding carboxylic acids is 1. The van der Waals surface area contributed by atoms with Gasteiger partial charge in [0.2, 0.25) is 0 Å². The van der Waals surface area contributed by atoms with Crippen LogP contribution in [0.2, 0.25) is 0 Å². The minimum atomic E-state index is -1.41. The molecule has 108 valence electrons. The average molecular weight is 298 g/mol. The van der Waals surface area contributed by atoms with Crippen LogP contribution in [0.5, 0.6) is 0 Å². The van der Waals surface area contributed by atoms with E-state index >= 15 is 0 Å². The minimum Gasteiger partial charge on any atom is -0.481 e. The van der Waals surface area contributed by atoms with Crippen molar-refractivity contribution in [3.63, 3.8) is 0 Å². The molecule has 1 unspecified atom stereocenters. The molecule has 20 heavy (non-hydrogen) atoms. The highest BCUT2D eigenvalue weighted by molar-refractivity contribution is 7.10. The highest BCUT2D eigenvalue weighted by atomic mass is 32.1. The topological polar surface area (TPSA) is 107 Å². The van der Waals surface area contributed by atoms with Gasteiger partial charge in [-0.05, 0) is 23.4 Å². The number of nitrogens with one attached hydrogen (secondary N) is 1. The zero-order valence-electron chi connectivity index (χ0n) is 10.5. The van der Waals surface area contributed by atoms with Gasteiger partial charge in [0.25, 0.3) is 0 Å². The van der Waals surface area contributed by atoms with Gasteiger partial charge in [-0.3, -0.25) is 4.79 Å². The van der Waals surface area contributed by atoms with E-state index in [1.807, 2.05) is 11.4 Å². The first kappa shape index (κ1) is 14.3. The Balaban J connectivity index is 1.98. The van der Waals surface area contributed by atoms with E-state index in [0.717, 1.165) is 12.0 Å². The second-order valence-electron chi connectivity index (χ2n) is 4.48. The third-order valence-corrected chi connectivity index (χ3v) is 4.09. The van der Waals surface area contributed by atoms with Crippen LogP contribution in [0.1, 0.15) is 16.9 Å². The summed E-state index contributed by atoms with van der Waals surface area (Å²) in [6.45, 7) is 0.919. The molecule has 8 heteroatoms. The van der Waals surface area contributed by atoms with E-state index < -0.39 is 30.4 Å². The Morgan fingerprint density at radius 3 is 2.80 bits per heavy atom. The number of carbonyl (C=O) groups is 3. The lowest BCUT2D eigenvalue weighted by Gasteiger charge is -2.28. The minimum absolute atomic E-state index is 0.421. The molecule has 1 aliphatic heterocycles. The third-order valence-electron chi connectivity index (χ3n) is 3.07. The van der Waals surface area contributed by atoms with Crippen molar-refractivity contribution in [1.29, 1.82) is 0 Å². The van der Waals surface area contributed by atoms with Gasteiger partial charge in [0.05, 0.1) is 6.42 Å². The van der Waals surface area contributed by atoms with Gasteiger partial charge in [0.15, 0.2) is 0 Å². The highest BCUT2D eigenvalue weighted by Gasteiger charge is 2.27. The van der Waals surface area contributed by atoms with Crippen LogP contribution in [0, 0.1) is 0 Å². The van der Waals surface area contributed by atoms with E-state index in [1.165, 1.54) is 9.78 Å². The lowest BCUT2D eigenvalue weighted by molar-refractivity contribution is -0.145. The monoisotopic (exact) mass is 298 g/mol.